The Balaban J connectivity index is 0.00000120. The lowest BCUT2D eigenvalue weighted by Crippen LogP contribution is -2.18. The third kappa shape index (κ3) is 2.15. The van der Waals surface area contributed by atoms with Gasteiger partial charge in [0.25, 0.3) is 0 Å². The Morgan fingerprint density at radius 3 is 2.89 bits per heavy atom. The predicted molar refractivity (Wildman–Crippen MR) is 80.0 cm³/mol. The van der Waals surface area contributed by atoms with Crippen molar-refractivity contribution in [2.75, 3.05) is 13.6 Å². The monoisotopic (exact) mass is 303 g/mol. The summed E-state index contributed by atoms with van der Waals surface area (Å²) < 4.78 is 1.25. The van der Waals surface area contributed by atoms with E-state index in [1.54, 1.807) is 11.3 Å². The number of hydrogen-bond donors (Lipinski definition) is 1. The second kappa shape index (κ2) is 5.35. The van der Waals surface area contributed by atoms with Crippen LogP contribution in [0.25, 0.3) is 10.1 Å². The fourth-order valence-electron chi connectivity index (χ4n) is 2.54. The van der Waals surface area contributed by atoms with Crippen LogP contribution >= 0.6 is 35.3 Å². The Morgan fingerprint density at radius 2 is 2.17 bits per heavy atom. The van der Waals surface area contributed by atoms with Crippen LogP contribution in [-0.2, 0) is 19.6 Å². The Hall–Kier alpha value is -0.320. The number of rotatable bonds is 1. The molecule has 0 fully saturated rings. The maximum atomic E-state index is 9.47. The normalized spacial score (nSPS) is 15.5. The van der Waals surface area contributed by atoms with Crippen molar-refractivity contribution in [3.8, 4) is 0 Å². The van der Waals surface area contributed by atoms with Crippen molar-refractivity contribution in [2.24, 2.45) is 0 Å². The smallest absolute Gasteiger partial charge is 0.0778 e. The third-order valence-electron chi connectivity index (χ3n) is 3.40. The molecule has 0 unspecified atom stereocenters. The number of likely N-dealkylation sites (N-methyl/N-ethyl adjacent to an activating group) is 1. The van der Waals surface area contributed by atoms with Gasteiger partial charge < -0.3 is 10.0 Å². The molecule has 2 heterocycles. The molecule has 0 bridgehead atoms. The van der Waals surface area contributed by atoms with Gasteiger partial charge in [-0.1, -0.05) is 11.6 Å². The number of aliphatic hydroxyl groups is 1. The van der Waals surface area contributed by atoms with Gasteiger partial charge in [-0.15, -0.1) is 23.7 Å². The first-order valence-electron chi connectivity index (χ1n) is 5.71. The number of benzene rings is 1. The van der Waals surface area contributed by atoms with Crippen LogP contribution in [0.2, 0.25) is 5.02 Å². The summed E-state index contributed by atoms with van der Waals surface area (Å²) in [5.74, 6) is 0. The summed E-state index contributed by atoms with van der Waals surface area (Å²) in [6, 6.07) is 4.05. The maximum absolute atomic E-state index is 9.47. The van der Waals surface area contributed by atoms with Gasteiger partial charge in [-0.3, -0.25) is 0 Å². The first-order chi connectivity index (χ1) is 8.20. The number of nitrogens with zero attached hydrogens (tertiary/aromatic N) is 1. The van der Waals surface area contributed by atoms with E-state index in [-0.39, 0.29) is 19.0 Å². The van der Waals surface area contributed by atoms with Crippen LogP contribution in [0.15, 0.2) is 12.1 Å². The highest BCUT2D eigenvalue weighted by molar-refractivity contribution is 7.19. The van der Waals surface area contributed by atoms with Gasteiger partial charge in [0.05, 0.1) is 6.61 Å². The van der Waals surface area contributed by atoms with Gasteiger partial charge in [0.1, 0.15) is 0 Å². The van der Waals surface area contributed by atoms with Crippen LogP contribution in [-0.4, -0.2) is 23.6 Å². The minimum atomic E-state index is 0. The van der Waals surface area contributed by atoms with Gasteiger partial charge in [0.2, 0.25) is 0 Å². The topological polar surface area (TPSA) is 23.5 Å². The summed E-state index contributed by atoms with van der Waals surface area (Å²) in [4.78, 5) is 3.37. The molecule has 3 rings (SSSR count). The number of aliphatic hydroxyl groups excluding tert-OH is 1. The molecule has 0 saturated heterocycles. The van der Waals surface area contributed by atoms with E-state index in [0.717, 1.165) is 29.4 Å². The molecular weight excluding hydrogens is 289 g/mol. The van der Waals surface area contributed by atoms with Crippen LogP contribution in [0, 0.1) is 0 Å². The van der Waals surface area contributed by atoms with E-state index in [0.29, 0.717) is 0 Å². The van der Waals surface area contributed by atoms with Crippen LogP contribution < -0.4 is 0 Å². The van der Waals surface area contributed by atoms with Gasteiger partial charge in [-0.05, 0) is 36.7 Å². The average Bonchev–Trinajstić information content (AvgIpc) is 2.56. The van der Waals surface area contributed by atoms with Crippen LogP contribution in [0.3, 0.4) is 0 Å². The van der Waals surface area contributed by atoms with Gasteiger partial charge >= 0.3 is 0 Å². The Bertz CT molecular complexity index is 582. The van der Waals surface area contributed by atoms with E-state index < -0.39 is 0 Å². The van der Waals surface area contributed by atoms with Crippen LogP contribution in [0.4, 0.5) is 0 Å². The van der Waals surface area contributed by atoms with Crippen molar-refractivity contribution >= 4 is 45.4 Å². The Kier molecular flexibility index (Phi) is 4.19. The molecule has 1 aromatic carbocycles. The molecule has 0 atom stereocenters. The Morgan fingerprint density at radius 1 is 1.39 bits per heavy atom. The second-order valence-corrected chi connectivity index (χ2v) is 6.09. The molecule has 0 aliphatic carbocycles. The van der Waals surface area contributed by atoms with E-state index in [1.165, 1.54) is 21.2 Å². The minimum Gasteiger partial charge on any atom is -0.391 e. The summed E-state index contributed by atoms with van der Waals surface area (Å²) >= 11 is 7.99. The van der Waals surface area contributed by atoms with Gasteiger partial charge in [0.15, 0.2) is 0 Å². The lowest BCUT2D eigenvalue weighted by molar-refractivity contribution is 0.280. The number of hydrogen-bond acceptors (Lipinski definition) is 3. The molecule has 98 valence electrons. The molecule has 0 amide bonds. The lowest BCUT2D eigenvalue weighted by atomic mass is 10.0. The fourth-order valence-corrected chi connectivity index (χ4v) is 3.90. The van der Waals surface area contributed by atoms with E-state index in [2.05, 4.69) is 18.0 Å². The highest BCUT2D eigenvalue weighted by atomic mass is 35.5. The predicted octanol–water partition coefficient (Wildman–Crippen LogP) is 3.46. The second-order valence-electron chi connectivity index (χ2n) is 4.55. The highest BCUT2D eigenvalue weighted by Crippen LogP contribution is 2.39. The standard InChI is InChI=1S/C13H14ClNOS.ClH/c1-15-5-4-8-10(14)2-3-11-13(8)9(6-15)12(7-16)17-11;/h2-3,16H,4-7H2,1H3;1H. The summed E-state index contributed by atoms with van der Waals surface area (Å²) in [5, 5.41) is 11.6. The molecule has 0 saturated carbocycles. The van der Waals surface area contributed by atoms with Gasteiger partial charge in [0, 0.05) is 33.1 Å². The molecule has 18 heavy (non-hydrogen) atoms. The van der Waals surface area contributed by atoms with E-state index in [4.69, 9.17) is 11.6 Å². The lowest BCUT2D eigenvalue weighted by Gasteiger charge is -2.13. The number of halogens is 2. The summed E-state index contributed by atoms with van der Waals surface area (Å²) in [6.07, 6.45) is 0.987. The first-order valence-corrected chi connectivity index (χ1v) is 6.91. The molecular formula is C13H15Cl2NOS. The molecule has 5 heteroatoms. The van der Waals surface area contributed by atoms with E-state index in [1.807, 2.05) is 6.07 Å². The van der Waals surface area contributed by atoms with Crippen molar-refractivity contribution < 1.29 is 5.11 Å². The quantitative estimate of drug-likeness (QED) is 0.872. The molecule has 1 aliphatic heterocycles. The fraction of sp³-hybridized carbons (Fsp3) is 0.385. The van der Waals surface area contributed by atoms with Crippen molar-refractivity contribution in [1.82, 2.24) is 4.90 Å². The zero-order valence-corrected chi connectivity index (χ0v) is 12.5. The molecule has 1 N–H and O–H groups in total. The zero-order chi connectivity index (χ0) is 12.0. The van der Waals surface area contributed by atoms with Gasteiger partial charge in [-0.25, -0.2) is 0 Å². The van der Waals surface area contributed by atoms with Crippen LogP contribution in [0.1, 0.15) is 16.0 Å². The highest BCUT2D eigenvalue weighted by Gasteiger charge is 2.21. The Labute approximate surface area is 122 Å². The van der Waals surface area contributed by atoms with Crippen LogP contribution in [0.5, 0.6) is 0 Å². The van der Waals surface area contributed by atoms with E-state index >= 15 is 0 Å². The van der Waals surface area contributed by atoms with Crippen molar-refractivity contribution in [2.45, 2.75) is 19.6 Å². The molecule has 2 nitrogen and oxygen atoms in total. The molecule has 0 spiro atoms. The zero-order valence-electron chi connectivity index (χ0n) is 10.1. The largest absolute Gasteiger partial charge is 0.391 e. The first kappa shape index (κ1) is 14.1. The summed E-state index contributed by atoms with van der Waals surface area (Å²) in [7, 11) is 2.12. The van der Waals surface area contributed by atoms with E-state index in [9.17, 15) is 5.11 Å². The summed E-state index contributed by atoms with van der Waals surface area (Å²) in [6.45, 7) is 2.05. The molecule has 1 aromatic heterocycles. The average molecular weight is 304 g/mol. The number of thiophene rings is 1. The molecule has 1 aliphatic rings. The maximum Gasteiger partial charge on any atom is 0.0778 e. The van der Waals surface area contributed by atoms with Crippen molar-refractivity contribution in [3.05, 3.63) is 33.2 Å². The third-order valence-corrected chi connectivity index (χ3v) is 4.94. The van der Waals surface area contributed by atoms with Crippen molar-refractivity contribution in [3.63, 3.8) is 0 Å². The summed E-state index contributed by atoms with van der Waals surface area (Å²) in [5.41, 5.74) is 2.52. The minimum absolute atomic E-state index is 0. The SMILES string of the molecule is CN1CCc2c(Cl)ccc3sc(CO)c(c23)C1.Cl. The van der Waals surface area contributed by atoms with Crippen molar-refractivity contribution in [1.29, 1.82) is 0 Å². The molecule has 2 aromatic rings. The van der Waals surface area contributed by atoms with Gasteiger partial charge in [-0.2, -0.15) is 0 Å². The molecule has 0 radical (unpaired) electrons.